The van der Waals surface area contributed by atoms with E-state index in [1.807, 2.05) is 16.3 Å². The number of nitrogens with two attached hydrogens (primary N) is 1. The van der Waals surface area contributed by atoms with Crippen LogP contribution in [-0.2, 0) is 4.79 Å². The molecule has 1 saturated heterocycles. The van der Waals surface area contributed by atoms with Gasteiger partial charge in [-0.05, 0) is 30.2 Å². The highest BCUT2D eigenvalue weighted by molar-refractivity contribution is 7.12. The molecule has 0 radical (unpaired) electrons. The van der Waals surface area contributed by atoms with Gasteiger partial charge in [-0.15, -0.1) is 11.3 Å². The van der Waals surface area contributed by atoms with Crippen molar-refractivity contribution in [3.05, 3.63) is 22.4 Å². The van der Waals surface area contributed by atoms with Crippen molar-refractivity contribution in [3.63, 3.8) is 0 Å². The first-order valence-electron chi connectivity index (χ1n) is 7.43. The van der Waals surface area contributed by atoms with Crippen LogP contribution >= 0.6 is 11.3 Å². The Hall–Kier alpha value is -1.40. The largest absolute Gasteiger partial charge is 0.351 e. The quantitative estimate of drug-likeness (QED) is 0.864. The van der Waals surface area contributed by atoms with Crippen molar-refractivity contribution in [3.8, 4) is 0 Å². The Morgan fingerprint density at radius 3 is 3.00 bits per heavy atom. The Morgan fingerprint density at radius 2 is 2.33 bits per heavy atom. The second-order valence-corrected chi connectivity index (χ2v) is 6.54. The lowest BCUT2D eigenvalue weighted by molar-refractivity contribution is -0.135. The normalized spacial score (nSPS) is 22.1. The van der Waals surface area contributed by atoms with Gasteiger partial charge < -0.3 is 16.0 Å². The van der Waals surface area contributed by atoms with Crippen LogP contribution in [0.25, 0.3) is 0 Å². The lowest BCUT2D eigenvalue weighted by atomic mass is 9.92. The van der Waals surface area contributed by atoms with E-state index in [4.69, 9.17) is 5.73 Å². The standard InChI is InChI=1S/C15H23N3O2S/c1-11-5-7-18(12(9-11)10-16)14(19)4-6-17-15(20)13-3-2-8-21-13/h2-3,8,11-12H,4-7,9-10,16H2,1H3,(H,17,20). The van der Waals surface area contributed by atoms with Gasteiger partial charge in [0.05, 0.1) is 4.88 Å². The van der Waals surface area contributed by atoms with Gasteiger partial charge in [-0.3, -0.25) is 9.59 Å². The molecule has 0 saturated carbocycles. The molecule has 116 valence electrons. The van der Waals surface area contributed by atoms with E-state index in [9.17, 15) is 9.59 Å². The zero-order valence-corrected chi connectivity index (χ0v) is 13.2. The Kier molecular flexibility index (Phi) is 5.76. The van der Waals surface area contributed by atoms with Crippen LogP contribution in [-0.4, -0.2) is 42.4 Å². The van der Waals surface area contributed by atoms with E-state index in [0.717, 1.165) is 19.4 Å². The van der Waals surface area contributed by atoms with Gasteiger partial charge >= 0.3 is 0 Å². The number of carbonyl (C=O) groups excluding carboxylic acids is 2. The van der Waals surface area contributed by atoms with Crippen molar-refractivity contribution < 1.29 is 9.59 Å². The molecule has 0 aliphatic carbocycles. The first kappa shape index (κ1) is 16.0. The predicted octanol–water partition coefficient (Wildman–Crippen LogP) is 1.45. The molecule has 1 aromatic rings. The molecule has 1 aliphatic heterocycles. The molecule has 6 heteroatoms. The molecule has 0 bridgehead atoms. The molecule has 1 aliphatic rings. The summed E-state index contributed by atoms with van der Waals surface area (Å²) < 4.78 is 0. The fourth-order valence-corrected chi connectivity index (χ4v) is 3.36. The molecule has 1 fully saturated rings. The summed E-state index contributed by atoms with van der Waals surface area (Å²) in [7, 11) is 0. The summed E-state index contributed by atoms with van der Waals surface area (Å²) in [5.74, 6) is 0.602. The van der Waals surface area contributed by atoms with Gasteiger partial charge in [-0.1, -0.05) is 13.0 Å². The molecule has 5 nitrogen and oxygen atoms in total. The van der Waals surface area contributed by atoms with Crippen LogP contribution in [0.5, 0.6) is 0 Å². The molecule has 2 heterocycles. The third kappa shape index (κ3) is 4.28. The molecule has 2 unspecified atom stereocenters. The maximum absolute atomic E-state index is 12.3. The molecule has 0 aromatic carbocycles. The highest BCUT2D eigenvalue weighted by Gasteiger charge is 2.28. The lowest BCUT2D eigenvalue weighted by Gasteiger charge is -2.38. The molecule has 2 amide bonds. The van der Waals surface area contributed by atoms with Crippen molar-refractivity contribution >= 4 is 23.2 Å². The van der Waals surface area contributed by atoms with Crippen molar-refractivity contribution in [1.82, 2.24) is 10.2 Å². The highest BCUT2D eigenvalue weighted by atomic mass is 32.1. The number of carbonyl (C=O) groups is 2. The minimum absolute atomic E-state index is 0.0869. The highest BCUT2D eigenvalue weighted by Crippen LogP contribution is 2.22. The topological polar surface area (TPSA) is 75.4 Å². The number of nitrogens with zero attached hydrogens (tertiary/aromatic N) is 1. The van der Waals surface area contributed by atoms with Crippen LogP contribution in [0.1, 0.15) is 35.9 Å². The van der Waals surface area contributed by atoms with Crippen LogP contribution in [0.3, 0.4) is 0 Å². The van der Waals surface area contributed by atoms with Crippen LogP contribution < -0.4 is 11.1 Å². The zero-order chi connectivity index (χ0) is 15.2. The van der Waals surface area contributed by atoms with Crippen molar-refractivity contribution in [1.29, 1.82) is 0 Å². The molecular weight excluding hydrogens is 286 g/mol. The Morgan fingerprint density at radius 1 is 1.52 bits per heavy atom. The first-order valence-corrected chi connectivity index (χ1v) is 8.31. The summed E-state index contributed by atoms with van der Waals surface area (Å²) >= 11 is 1.40. The summed E-state index contributed by atoms with van der Waals surface area (Å²) in [6, 6.07) is 3.76. The Balaban J connectivity index is 1.77. The van der Waals surface area contributed by atoms with Gasteiger partial charge in [0.2, 0.25) is 5.91 Å². The molecule has 0 spiro atoms. The Bertz CT molecular complexity index is 475. The number of hydrogen-bond donors (Lipinski definition) is 2. The minimum atomic E-state index is -0.111. The van der Waals surface area contributed by atoms with Crippen molar-refractivity contribution in [2.75, 3.05) is 19.6 Å². The van der Waals surface area contributed by atoms with Crippen LogP contribution in [0.15, 0.2) is 17.5 Å². The molecule has 2 rings (SSSR count). The van der Waals surface area contributed by atoms with Gasteiger partial charge in [0.1, 0.15) is 0 Å². The van der Waals surface area contributed by atoms with Crippen molar-refractivity contribution in [2.24, 2.45) is 11.7 Å². The van der Waals surface area contributed by atoms with E-state index in [1.54, 1.807) is 6.07 Å². The van der Waals surface area contributed by atoms with Gasteiger partial charge in [-0.2, -0.15) is 0 Å². The fraction of sp³-hybridized carbons (Fsp3) is 0.600. The number of nitrogens with one attached hydrogen (secondary N) is 1. The monoisotopic (exact) mass is 309 g/mol. The second kappa shape index (κ2) is 7.56. The number of likely N-dealkylation sites (tertiary alicyclic amines) is 1. The van der Waals surface area contributed by atoms with E-state index in [-0.39, 0.29) is 17.9 Å². The molecule has 3 N–H and O–H groups in total. The SMILES string of the molecule is CC1CCN(C(=O)CCNC(=O)c2cccs2)C(CN)C1. The van der Waals surface area contributed by atoms with Crippen LogP contribution in [0.2, 0.25) is 0 Å². The van der Waals surface area contributed by atoms with Crippen molar-refractivity contribution in [2.45, 2.75) is 32.2 Å². The van der Waals surface area contributed by atoms with Crippen LogP contribution in [0.4, 0.5) is 0 Å². The van der Waals surface area contributed by atoms with E-state index < -0.39 is 0 Å². The van der Waals surface area contributed by atoms with Gasteiger partial charge in [0, 0.05) is 32.1 Å². The molecule has 2 atom stereocenters. The number of hydrogen-bond acceptors (Lipinski definition) is 4. The summed E-state index contributed by atoms with van der Waals surface area (Å²) in [4.78, 5) is 26.6. The molecular formula is C15H23N3O2S. The Labute approximate surface area is 129 Å². The summed E-state index contributed by atoms with van der Waals surface area (Å²) in [6.45, 7) is 3.86. The third-order valence-corrected chi connectivity index (χ3v) is 4.81. The van der Waals surface area contributed by atoms with E-state index in [2.05, 4.69) is 12.2 Å². The number of rotatable bonds is 5. The number of amides is 2. The second-order valence-electron chi connectivity index (χ2n) is 5.59. The maximum Gasteiger partial charge on any atom is 0.261 e. The van der Waals surface area contributed by atoms with Crippen LogP contribution in [0, 0.1) is 5.92 Å². The van der Waals surface area contributed by atoms with Gasteiger partial charge in [0.15, 0.2) is 0 Å². The molecule has 1 aromatic heterocycles. The number of thiophene rings is 1. The fourth-order valence-electron chi connectivity index (χ4n) is 2.72. The van der Waals surface area contributed by atoms with E-state index in [1.165, 1.54) is 11.3 Å². The minimum Gasteiger partial charge on any atom is -0.351 e. The lowest BCUT2D eigenvalue weighted by Crippen LogP contribution is -2.49. The summed E-state index contributed by atoms with van der Waals surface area (Å²) in [5.41, 5.74) is 5.77. The maximum atomic E-state index is 12.3. The zero-order valence-electron chi connectivity index (χ0n) is 12.4. The molecule has 21 heavy (non-hydrogen) atoms. The van der Waals surface area contributed by atoms with Gasteiger partial charge in [0.25, 0.3) is 5.91 Å². The predicted molar refractivity (Wildman–Crippen MR) is 84.2 cm³/mol. The summed E-state index contributed by atoms with van der Waals surface area (Å²) in [5, 5.41) is 4.65. The first-order chi connectivity index (χ1) is 10.1. The average molecular weight is 309 g/mol. The number of piperidine rings is 1. The van der Waals surface area contributed by atoms with E-state index in [0.29, 0.717) is 30.3 Å². The average Bonchev–Trinajstić information content (AvgIpc) is 3.01. The summed E-state index contributed by atoms with van der Waals surface area (Å²) in [6.07, 6.45) is 2.34. The smallest absolute Gasteiger partial charge is 0.261 e. The van der Waals surface area contributed by atoms with E-state index >= 15 is 0 Å². The third-order valence-electron chi connectivity index (χ3n) is 3.94. The van der Waals surface area contributed by atoms with Gasteiger partial charge in [-0.25, -0.2) is 0 Å².